The fourth-order valence-electron chi connectivity index (χ4n) is 2.40. The van der Waals surface area contributed by atoms with Gasteiger partial charge in [-0.05, 0) is 52.0 Å². The molecule has 0 saturated carbocycles. The van der Waals surface area contributed by atoms with Crippen LogP contribution < -0.4 is 5.69 Å². The van der Waals surface area contributed by atoms with Crippen molar-refractivity contribution in [3.05, 3.63) is 28.8 Å². The van der Waals surface area contributed by atoms with Crippen LogP contribution in [0.5, 0.6) is 0 Å². The molecule has 104 valence electrons. The van der Waals surface area contributed by atoms with E-state index in [0.717, 1.165) is 37.1 Å². The molecule has 0 amide bonds. The van der Waals surface area contributed by atoms with Gasteiger partial charge in [0, 0.05) is 12.2 Å². The average Bonchev–Trinajstić information content (AvgIpc) is 2.72. The molecule has 0 aliphatic rings. The van der Waals surface area contributed by atoms with Gasteiger partial charge in [-0.1, -0.05) is 6.92 Å². The summed E-state index contributed by atoms with van der Waals surface area (Å²) in [5.74, 6) is 0. The highest BCUT2D eigenvalue weighted by Gasteiger charge is 2.14. The summed E-state index contributed by atoms with van der Waals surface area (Å²) in [4.78, 5) is 21.5. The summed E-state index contributed by atoms with van der Waals surface area (Å²) in [6, 6.07) is 3.87. The van der Waals surface area contributed by atoms with Gasteiger partial charge in [-0.3, -0.25) is 4.57 Å². The van der Waals surface area contributed by atoms with Gasteiger partial charge >= 0.3 is 5.69 Å². The van der Waals surface area contributed by atoms with Gasteiger partial charge in [0.1, 0.15) is 0 Å². The van der Waals surface area contributed by atoms with Gasteiger partial charge in [-0.15, -0.1) is 0 Å². The van der Waals surface area contributed by atoms with Gasteiger partial charge in [-0.2, -0.15) is 0 Å². The molecule has 0 radical (unpaired) electrons. The fourth-order valence-corrected chi connectivity index (χ4v) is 2.40. The second kappa shape index (κ2) is 6.02. The Morgan fingerprint density at radius 1 is 1.47 bits per heavy atom. The molecule has 0 spiro atoms. The van der Waals surface area contributed by atoms with Gasteiger partial charge in [0.25, 0.3) is 0 Å². The molecular weight excluding hydrogens is 240 g/mol. The maximum atomic E-state index is 12.0. The van der Waals surface area contributed by atoms with Gasteiger partial charge < -0.3 is 9.88 Å². The van der Waals surface area contributed by atoms with Crippen molar-refractivity contribution in [3.63, 3.8) is 0 Å². The number of hydrogen-bond acceptors (Lipinski definition) is 3. The van der Waals surface area contributed by atoms with E-state index in [4.69, 9.17) is 0 Å². The Kier molecular flexibility index (Phi) is 4.37. The summed E-state index contributed by atoms with van der Waals surface area (Å²) in [5.41, 5.74) is 1.48. The number of aromatic nitrogens is 3. The van der Waals surface area contributed by atoms with Crippen LogP contribution in [-0.4, -0.2) is 39.6 Å². The fraction of sp³-hybridized carbons (Fsp3) is 0.571. The molecule has 2 rings (SSSR count). The lowest BCUT2D eigenvalue weighted by Gasteiger charge is -2.19. The highest BCUT2D eigenvalue weighted by atomic mass is 16.1. The molecule has 5 nitrogen and oxygen atoms in total. The molecule has 2 heterocycles. The molecule has 0 aliphatic carbocycles. The normalized spacial score (nSPS) is 13.3. The molecule has 0 fully saturated rings. The van der Waals surface area contributed by atoms with Crippen molar-refractivity contribution < 1.29 is 0 Å². The lowest BCUT2D eigenvalue weighted by molar-refractivity contribution is 0.305. The Morgan fingerprint density at radius 2 is 2.26 bits per heavy atom. The highest BCUT2D eigenvalue weighted by molar-refractivity contribution is 5.70. The molecule has 2 aromatic heterocycles. The summed E-state index contributed by atoms with van der Waals surface area (Å²) in [5, 5.41) is 0. The van der Waals surface area contributed by atoms with Crippen LogP contribution in [0.3, 0.4) is 0 Å². The molecule has 2 aromatic rings. The number of fused-ring (bicyclic) bond motifs is 1. The van der Waals surface area contributed by atoms with Crippen molar-refractivity contribution in [1.82, 2.24) is 19.4 Å². The number of aromatic amines is 1. The third-order valence-electron chi connectivity index (χ3n) is 3.45. The predicted molar refractivity (Wildman–Crippen MR) is 77.5 cm³/mol. The minimum atomic E-state index is -0.0701. The molecule has 0 bridgehead atoms. The molecule has 0 aromatic carbocycles. The van der Waals surface area contributed by atoms with E-state index >= 15 is 0 Å². The van der Waals surface area contributed by atoms with E-state index in [-0.39, 0.29) is 11.7 Å². The molecule has 0 aliphatic heterocycles. The Bertz CT molecular complexity index is 586. The van der Waals surface area contributed by atoms with Crippen LogP contribution in [0.25, 0.3) is 11.2 Å². The highest BCUT2D eigenvalue weighted by Crippen LogP contribution is 2.15. The Morgan fingerprint density at radius 3 is 3.00 bits per heavy atom. The van der Waals surface area contributed by atoms with Gasteiger partial charge in [0.2, 0.25) is 0 Å². The van der Waals surface area contributed by atoms with Gasteiger partial charge in [0.15, 0.2) is 5.65 Å². The van der Waals surface area contributed by atoms with Crippen LogP contribution in [0.4, 0.5) is 0 Å². The van der Waals surface area contributed by atoms with Crippen molar-refractivity contribution in [3.8, 4) is 0 Å². The third-order valence-corrected chi connectivity index (χ3v) is 3.45. The molecule has 5 heteroatoms. The minimum absolute atomic E-state index is 0.0701. The van der Waals surface area contributed by atoms with Crippen LogP contribution >= 0.6 is 0 Å². The van der Waals surface area contributed by atoms with E-state index in [1.54, 1.807) is 10.8 Å². The molecule has 0 saturated heterocycles. The Labute approximate surface area is 113 Å². The van der Waals surface area contributed by atoms with E-state index < -0.39 is 0 Å². The second-order valence-electron chi connectivity index (χ2n) is 5.12. The Hall–Kier alpha value is -1.62. The first-order valence-electron chi connectivity index (χ1n) is 6.87. The smallest absolute Gasteiger partial charge is 0.306 e. The predicted octanol–water partition coefficient (Wildman–Crippen LogP) is 2.02. The van der Waals surface area contributed by atoms with Gasteiger partial charge in [-0.25, -0.2) is 9.78 Å². The number of pyridine rings is 1. The van der Waals surface area contributed by atoms with Crippen molar-refractivity contribution in [2.75, 3.05) is 20.1 Å². The molecular formula is C14H22N4O. The third kappa shape index (κ3) is 3.04. The van der Waals surface area contributed by atoms with Gasteiger partial charge in [0.05, 0.1) is 5.52 Å². The quantitative estimate of drug-likeness (QED) is 0.866. The maximum Gasteiger partial charge on any atom is 0.327 e. The molecule has 1 unspecified atom stereocenters. The SMILES string of the molecule is CCCN(C)CCC(C)n1c(=O)[nH]c2cccnc21. The second-order valence-corrected chi connectivity index (χ2v) is 5.12. The lowest BCUT2D eigenvalue weighted by Crippen LogP contribution is -2.26. The summed E-state index contributed by atoms with van der Waals surface area (Å²) in [6.07, 6.45) is 3.82. The first-order valence-corrected chi connectivity index (χ1v) is 6.87. The zero-order chi connectivity index (χ0) is 13.8. The van der Waals surface area contributed by atoms with E-state index in [1.165, 1.54) is 0 Å². The van der Waals surface area contributed by atoms with Crippen molar-refractivity contribution in [2.45, 2.75) is 32.7 Å². The standard InChI is InChI=1S/C14H22N4O/c1-4-9-17(3)10-7-11(2)18-13-12(16-14(18)19)6-5-8-15-13/h5-6,8,11H,4,7,9-10H2,1-3H3,(H,16,19). The van der Waals surface area contributed by atoms with Crippen molar-refractivity contribution >= 4 is 11.2 Å². The van der Waals surface area contributed by atoms with Crippen LogP contribution in [0, 0.1) is 0 Å². The number of H-pyrrole nitrogens is 1. The van der Waals surface area contributed by atoms with Crippen LogP contribution in [0.1, 0.15) is 32.7 Å². The zero-order valence-electron chi connectivity index (χ0n) is 11.9. The largest absolute Gasteiger partial charge is 0.327 e. The molecule has 1 atom stereocenters. The number of nitrogens with one attached hydrogen (secondary N) is 1. The number of hydrogen-bond donors (Lipinski definition) is 1. The van der Waals surface area contributed by atoms with Crippen LogP contribution in [0.15, 0.2) is 23.1 Å². The van der Waals surface area contributed by atoms with E-state index in [0.29, 0.717) is 0 Å². The monoisotopic (exact) mass is 262 g/mol. The zero-order valence-corrected chi connectivity index (χ0v) is 11.9. The summed E-state index contributed by atoms with van der Waals surface area (Å²) in [7, 11) is 2.12. The van der Waals surface area contributed by atoms with Crippen molar-refractivity contribution in [1.29, 1.82) is 0 Å². The molecule has 1 N–H and O–H groups in total. The minimum Gasteiger partial charge on any atom is -0.306 e. The number of nitrogens with zero attached hydrogens (tertiary/aromatic N) is 3. The topological polar surface area (TPSA) is 53.9 Å². The lowest BCUT2D eigenvalue weighted by atomic mass is 10.2. The summed E-state index contributed by atoms with van der Waals surface area (Å²) >= 11 is 0. The number of imidazole rings is 1. The van der Waals surface area contributed by atoms with Crippen LogP contribution in [0.2, 0.25) is 0 Å². The summed E-state index contributed by atoms with van der Waals surface area (Å²) in [6.45, 7) is 6.33. The van der Waals surface area contributed by atoms with Crippen LogP contribution in [-0.2, 0) is 0 Å². The van der Waals surface area contributed by atoms with Crippen molar-refractivity contribution in [2.24, 2.45) is 0 Å². The van der Waals surface area contributed by atoms with E-state index in [2.05, 4.69) is 35.8 Å². The first kappa shape index (κ1) is 13.8. The number of rotatable bonds is 6. The van der Waals surface area contributed by atoms with E-state index in [1.807, 2.05) is 12.1 Å². The summed E-state index contributed by atoms with van der Waals surface area (Å²) < 4.78 is 1.76. The average molecular weight is 262 g/mol. The first-order chi connectivity index (χ1) is 9.13. The Balaban J connectivity index is 2.15. The maximum absolute atomic E-state index is 12.0. The molecule has 19 heavy (non-hydrogen) atoms. The van der Waals surface area contributed by atoms with E-state index in [9.17, 15) is 4.79 Å².